The van der Waals surface area contributed by atoms with Crippen LogP contribution in [0, 0.1) is 11.3 Å². The Labute approximate surface area is 88.0 Å². The van der Waals surface area contributed by atoms with Crippen molar-refractivity contribution in [3.8, 4) is 0 Å². The highest BCUT2D eigenvalue weighted by atomic mass is 16.5. The maximum Gasteiger partial charge on any atom is 0.312 e. The minimum atomic E-state index is -0.373. The molecular weight excluding hydrogens is 176 g/mol. The van der Waals surface area contributed by atoms with Gasteiger partial charge in [0.05, 0.1) is 11.5 Å². The van der Waals surface area contributed by atoms with E-state index in [-0.39, 0.29) is 17.5 Å². The summed E-state index contributed by atoms with van der Waals surface area (Å²) in [5.41, 5.74) is -0.373. The summed E-state index contributed by atoms with van der Waals surface area (Å²) in [7, 11) is 0. The first-order valence-electron chi connectivity index (χ1n) is 5.53. The highest BCUT2D eigenvalue weighted by molar-refractivity contribution is 5.76. The second-order valence-corrected chi connectivity index (χ2v) is 4.88. The summed E-state index contributed by atoms with van der Waals surface area (Å²) in [4.78, 5) is 11.8. The van der Waals surface area contributed by atoms with Crippen LogP contribution in [0.25, 0.3) is 0 Å². The van der Waals surface area contributed by atoms with Gasteiger partial charge in [-0.15, -0.1) is 0 Å². The van der Waals surface area contributed by atoms with Crippen molar-refractivity contribution in [2.75, 3.05) is 0 Å². The first-order chi connectivity index (χ1) is 6.32. The van der Waals surface area contributed by atoms with Crippen molar-refractivity contribution in [2.24, 2.45) is 11.3 Å². The summed E-state index contributed by atoms with van der Waals surface area (Å²) in [5, 5.41) is 0. The second kappa shape index (κ2) is 5.38. The molecule has 0 bridgehead atoms. The topological polar surface area (TPSA) is 26.3 Å². The van der Waals surface area contributed by atoms with Gasteiger partial charge in [-0.3, -0.25) is 4.79 Å². The van der Waals surface area contributed by atoms with Crippen molar-refractivity contribution in [1.29, 1.82) is 0 Å². The van der Waals surface area contributed by atoms with Gasteiger partial charge in [-0.05, 0) is 33.1 Å². The summed E-state index contributed by atoms with van der Waals surface area (Å²) >= 11 is 0. The number of esters is 1. The minimum absolute atomic E-state index is 0.0468. The Morgan fingerprint density at radius 3 is 2.14 bits per heavy atom. The van der Waals surface area contributed by atoms with E-state index in [1.165, 1.54) is 0 Å². The fourth-order valence-electron chi connectivity index (χ4n) is 1.04. The van der Waals surface area contributed by atoms with E-state index < -0.39 is 0 Å². The van der Waals surface area contributed by atoms with Crippen molar-refractivity contribution >= 4 is 5.97 Å². The summed E-state index contributed by atoms with van der Waals surface area (Å²) in [6.45, 7) is 12.0. The van der Waals surface area contributed by atoms with Crippen LogP contribution in [0.4, 0.5) is 0 Å². The maximum atomic E-state index is 11.8. The van der Waals surface area contributed by atoms with Gasteiger partial charge in [0.15, 0.2) is 0 Å². The largest absolute Gasteiger partial charge is 0.462 e. The molecule has 0 aromatic carbocycles. The number of carbonyl (C=O) groups is 1. The van der Waals surface area contributed by atoms with Crippen molar-refractivity contribution in [3.05, 3.63) is 0 Å². The van der Waals surface area contributed by atoms with Crippen LogP contribution in [0.1, 0.15) is 54.4 Å². The number of rotatable bonds is 5. The zero-order chi connectivity index (χ0) is 11.4. The number of ether oxygens (including phenoxy) is 1. The Bertz CT molecular complexity index is 183. The summed E-state index contributed by atoms with van der Waals surface area (Å²) in [5.74, 6) is 0.234. The van der Waals surface area contributed by atoms with Crippen molar-refractivity contribution in [2.45, 2.75) is 60.5 Å². The van der Waals surface area contributed by atoms with Gasteiger partial charge in [0.1, 0.15) is 0 Å². The molecule has 84 valence electrons. The van der Waals surface area contributed by atoms with Crippen molar-refractivity contribution < 1.29 is 9.53 Å². The Morgan fingerprint density at radius 1 is 1.29 bits per heavy atom. The molecular formula is C12H24O2. The lowest BCUT2D eigenvalue weighted by molar-refractivity contribution is -0.161. The molecule has 0 fully saturated rings. The lowest BCUT2D eigenvalue weighted by Gasteiger charge is -2.28. The van der Waals surface area contributed by atoms with E-state index in [1.54, 1.807) is 0 Å². The molecule has 0 saturated carbocycles. The van der Waals surface area contributed by atoms with Gasteiger partial charge in [0.25, 0.3) is 0 Å². The van der Waals surface area contributed by atoms with Gasteiger partial charge in [0, 0.05) is 0 Å². The highest BCUT2D eigenvalue weighted by Crippen LogP contribution is 2.28. The van der Waals surface area contributed by atoms with E-state index in [0.29, 0.717) is 5.92 Å². The molecule has 0 aliphatic heterocycles. The maximum absolute atomic E-state index is 11.8. The van der Waals surface area contributed by atoms with Gasteiger partial charge in [-0.2, -0.15) is 0 Å². The Morgan fingerprint density at radius 2 is 1.79 bits per heavy atom. The first-order valence-corrected chi connectivity index (χ1v) is 5.53. The average molecular weight is 200 g/mol. The standard InChI is InChI=1S/C12H24O2/c1-7-8-10(4)14-11(13)12(5,6)9(2)3/h9-10H,7-8H2,1-6H3/t10-/m0/s1. The smallest absolute Gasteiger partial charge is 0.312 e. The molecule has 0 unspecified atom stereocenters. The summed E-state index contributed by atoms with van der Waals surface area (Å²) in [6, 6.07) is 0. The van der Waals surface area contributed by atoms with Crippen LogP contribution < -0.4 is 0 Å². The fourth-order valence-corrected chi connectivity index (χ4v) is 1.04. The van der Waals surface area contributed by atoms with Crippen LogP contribution in [0.5, 0.6) is 0 Å². The fraction of sp³-hybridized carbons (Fsp3) is 0.917. The van der Waals surface area contributed by atoms with Crippen LogP contribution in [0.2, 0.25) is 0 Å². The number of carbonyl (C=O) groups excluding carboxylic acids is 1. The Hall–Kier alpha value is -0.530. The zero-order valence-electron chi connectivity index (χ0n) is 10.4. The Balaban J connectivity index is 4.20. The molecule has 0 N–H and O–H groups in total. The van der Waals surface area contributed by atoms with E-state index in [2.05, 4.69) is 6.92 Å². The molecule has 2 heteroatoms. The molecule has 2 nitrogen and oxygen atoms in total. The van der Waals surface area contributed by atoms with Crippen LogP contribution >= 0.6 is 0 Å². The Kier molecular flexibility index (Phi) is 5.17. The number of hydrogen-bond donors (Lipinski definition) is 0. The van der Waals surface area contributed by atoms with Gasteiger partial charge in [0.2, 0.25) is 0 Å². The molecule has 0 radical (unpaired) electrons. The molecule has 0 aliphatic rings. The number of hydrogen-bond acceptors (Lipinski definition) is 2. The summed E-state index contributed by atoms with van der Waals surface area (Å²) < 4.78 is 5.38. The molecule has 1 atom stereocenters. The normalized spacial score (nSPS) is 14.2. The summed E-state index contributed by atoms with van der Waals surface area (Å²) in [6.07, 6.45) is 2.04. The second-order valence-electron chi connectivity index (χ2n) is 4.88. The van der Waals surface area contributed by atoms with Crippen molar-refractivity contribution in [1.82, 2.24) is 0 Å². The SMILES string of the molecule is CCC[C@H](C)OC(=O)C(C)(C)C(C)C. The lowest BCUT2D eigenvalue weighted by Crippen LogP contribution is -2.33. The molecule has 0 spiro atoms. The molecule has 14 heavy (non-hydrogen) atoms. The minimum Gasteiger partial charge on any atom is -0.462 e. The predicted octanol–water partition coefficient (Wildman–Crippen LogP) is 3.40. The predicted molar refractivity (Wildman–Crippen MR) is 59.1 cm³/mol. The molecule has 0 amide bonds. The third-order valence-corrected chi connectivity index (χ3v) is 2.97. The van der Waals surface area contributed by atoms with Crippen LogP contribution in [0.3, 0.4) is 0 Å². The lowest BCUT2D eigenvalue weighted by atomic mass is 9.81. The van der Waals surface area contributed by atoms with Crippen molar-refractivity contribution in [3.63, 3.8) is 0 Å². The van der Waals surface area contributed by atoms with E-state index in [9.17, 15) is 4.79 Å². The first kappa shape index (κ1) is 13.5. The van der Waals surface area contributed by atoms with E-state index in [1.807, 2.05) is 34.6 Å². The quantitative estimate of drug-likeness (QED) is 0.636. The van der Waals surface area contributed by atoms with Gasteiger partial charge < -0.3 is 4.74 Å². The van der Waals surface area contributed by atoms with Gasteiger partial charge in [-0.25, -0.2) is 0 Å². The highest BCUT2D eigenvalue weighted by Gasteiger charge is 2.33. The third kappa shape index (κ3) is 3.69. The van der Waals surface area contributed by atoms with E-state index >= 15 is 0 Å². The van der Waals surface area contributed by atoms with Crippen LogP contribution in [-0.2, 0) is 9.53 Å². The monoisotopic (exact) mass is 200 g/mol. The molecule has 0 aromatic heterocycles. The molecule has 0 aromatic rings. The van der Waals surface area contributed by atoms with E-state index in [0.717, 1.165) is 12.8 Å². The zero-order valence-corrected chi connectivity index (χ0v) is 10.4. The molecule has 0 saturated heterocycles. The van der Waals surface area contributed by atoms with Gasteiger partial charge in [-0.1, -0.05) is 27.2 Å². The van der Waals surface area contributed by atoms with E-state index in [4.69, 9.17) is 4.74 Å². The molecule has 0 rings (SSSR count). The van der Waals surface area contributed by atoms with Crippen LogP contribution in [0.15, 0.2) is 0 Å². The molecule has 0 aliphatic carbocycles. The van der Waals surface area contributed by atoms with Crippen LogP contribution in [-0.4, -0.2) is 12.1 Å². The molecule has 0 heterocycles. The third-order valence-electron chi connectivity index (χ3n) is 2.97. The van der Waals surface area contributed by atoms with Gasteiger partial charge >= 0.3 is 5.97 Å². The average Bonchev–Trinajstić information content (AvgIpc) is 2.03.